The highest BCUT2D eigenvalue weighted by atomic mass is 35.5. The molecule has 2 aromatic carbocycles. The molecule has 0 N–H and O–H groups in total. The third-order valence-electron chi connectivity index (χ3n) is 5.23. The Morgan fingerprint density at radius 2 is 1.97 bits per heavy atom. The van der Waals surface area contributed by atoms with Gasteiger partial charge in [0.2, 0.25) is 5.91 Å². The molecule has 0 atom stereocenters. The van der Waals surface area contributed by atoms with E-state index in [2.05, 4.69) is 0 Å². The third-order valence-corrected chi connectivity index (χ3v) is 6.56. The second-order valence-corrected chi connectivity index (χ2v) is 8.55. The van der Waals surface area contributed by atoms with E-state index in [0.717, 1.165) is 31.5 Å². The van der Waals surface area contributed by atoms with E-state index >= 15 is 0 Å². The van der Waals surface area contributed by atoms with Gasteiger partial charge in [-0.1, -0.05) is 35.5 Å². The normalized spacial score (nSPS) is 13.8. The van der Waals surface area contributed by atoms with Crippen molar-refractivity contribution in [3.8, 4) is 11.4 Å². The zero-order chi connectivity index (χ0) is 21.3. The van der Waals surface area contributed by atoms with Crippen molar-refractivity contribution in [1.29, 1.82) is 0 Å². The number of hydrogen-bond donors (Lipinski definition) is 0. The molecule has 1 saturated heterocycles. The van der Waals surface area contributed by atoms with Gasteiger partial charge < -0.3 is 9.64 Å². The Hall–Kier alpha value is -2.51. The SMILES string of the molecule is COc1cc(Cl)c(C)cc1-n1c(SCC(=O)N2CCCC2)nc2ccccc2c1=O. The number of hydrogen-bond acceptors (Lipinski definition) is 5. The Bertz CT molecular complexity index is 1170. The number of thioether (sulfide) groups is 1. The largest absolute Gasteiger partial charge is 0.495 e. The average Bonchev–Trinajstić information content (AvgIpc) is 3.29. The predicted molar refractivity (Wildman–Crippen MR) is 120 cm³/mol. The fourth-order valence-corrected chi connectivity index (χ4v) is 4.65. The lowest BCUT2D eigenvalue weighted by Gasteiger charge is -2.18. The first-order valence-corrected chi connectivity index (χ1v) is 11.1. The summed E-state index contributed by atoms with van der Waals surface area (Å²) in [4.78, 5) is 32.6. The van der Waals surface area contributed by atoms with Crippen molar-refractivity contribution in [2.24, 2.45) is 0 Å². The van der Waals surface area contributed by atoms with Gasteiger partial charge in [0.05, 0.1) is 29.5 Å². The smallest absolute Gasteiger partial charge is 0.266 e. The highest BCUT2D eigenvalue weighted by Crippen LogP contribution is 2.32. The molecule has 2 heterocycles. The summed E-state index contributed by atoms with van der Waals surface area (Å²) in [5.41, 5.74) is 1.76. The number of aryl methyl sites for hydroxylation is 1. The number of carbonyl (C=O) groups is 1. The number of methoxy groups -OCH3 is 1. The van der Waals surface area contributed by atoms with Crippen LogP contribution in [-0.2, 0) is 4.79 Å². The lowest BCUT2D eigenvalue weighted by molar-refractivity contribution is -0.127. The number of nitrogens with zero attached hydrogens (tertiary/aromatic N) is 3. The number of amides is 1. The maximum Gasteiger partial charge on any atom is 0.266 e. The maximum atomic E-state index is 13.4. The molecule has 1 fully saturated rings. The van der Waals surface area contributed by atoms with Crippen LogP contribution in [-0.4, -0.2) is 46.3 Å². The monoisotopic (exact) mass is 443 g/mol. The molecule has 0 aliphatic carbocycles. The maximum absolute atomic E-state index is 13.4. The van der Waals surface area contributed by atoms with Crippen molar-refractivity contribution in [1.82, 2.24) is 14.5 Å². The van der Waals surface area contributed by atoms with Crippen LogP contribution in [0.15, 0.2) is 46.3 Å². The van der Waals surface area contributed by atoms with E-state index in [0.29, 0.717) is 32.5 Å². The number of ether oxygens (including phenoxy) is 1. The molecule has 0 bridgehead atoms. The molecule has 0 spiro atoms. The van der Waals surface area contributed by atoms with Crippen LogP contribution >= 0.6 is 23.4 Å². The van der Waals surface area contributed by atoms with Crippen molar-refractivity contribution >= 4 is 40.2 Å². The molecule has 8 heteroatoms. The minimum atomic E-state index is -0.211. The van der Waals surface area contributed by atoms with E-state index in [1.54, 1.807) is 18.2 Å². The zero-order valence-electron chi connectivity index (χ0n) is 16.9. The van der Waals surface area contributed by atoms with Crippen molar-refractivity contribution in [2.45, 2.75) is 24.9 Å². The predicted octanol–water partition coefficient (Wildman–Crippen LogP) is 4.07. The molecule has 30 heavy (non-hydrogen) atoms. The number of carbonyl (C=O) groups excluding carboxylic acids is 1. The first-order chi connectivity index (χ1) is 14.5. The Morgan fingerprint density at radius 3 is 2.70 bits per heavy atom. The van der Waals surface area contributed by atoms with Gasteiger partial charge in [-0.05, 0) is 43.5 Å². The van der Waals surface area contributed by atoms with Crippen LogP contribution in [0.2, 0.25) is 5.02 Å². The van der Waals surface area contributed by atoms with Gasteiger partial charge in [-0.25, -0.2) is 4.98 Å². The topological polar surface area (TPSA) is 64.4 Å². The molecule has 0 unspecified atom stereocenters. The molecule has 0 saturated carbocycles. The molecule has 1 aliphatic rings. The number of likely N-dealkylation sites (tertiary alicyclic amines) is 1. The molecule has 3 aromatic rings. The number of para-hydroxylation sites is 1. The first-order valence-electron chi connectivity index (χ1n) is 9.76. The highest BCUT2D eigenvalue weighted by Gasteiger charge is 2.21. The van der Waals surface area contributed by atoms with Gasteiger partial charge in [-0.15, -0.1) is 0 Å². The molecular weight excluding hydrogens is 422 g/mol. The van der Waals surface area contributed by atoms with Crippen molar-refractivity contribution < 1.29 is 9.53 Å². The molecule has 4 rings (SSSR count). The number of aromatic nitrogens is 2. The van der Waals surface area contributed by atoms with E-state index in [-0.39, 0.29) is 17.2 Å². The molecule has 6 nitrogen and oxygen atoms in total. The van der Waals surface area contributed by atoms with Gasteiger partial charge in [-0.2, -0.15) is 0 Å². The number of rotatable bonds is 5. The Balaban J connectivity index is 1.84. The third kappa shape index (κ3) is 3.91. The Kier molecular flexibility index (Phi) is 6.01. The zero-order valence-corrected chi connectivity index (χ0v) is 18.4. The van der Waals surface area contributed by atoms with E-state index < -0.39 is 0 Å². The number of fused-ring (bicyclic) bond motifs is 1. The van der Waals surface area contributed by atoms with Crippen LogP contribution in [0.5, 0.6) is 5.75 Å². The summed E-state index contributed by atoms with van der Waals surface area (Å²) in [6, 6.07) is 10.7. The second kappa shape index (κ2) is 8.70. The van der Waals surface area contributed by atoms with Crippen LogP contribution < -0.4 is 10.3 Å². The van der Waals surface area contributed by atoms with Crippen LogP contribution in [0.1, 0.15) is 18.4 Å². The van der Waals surface area contributed by atoms with Gasteiger partial charge in [0.1, 0.15) is 5.75 Å². The highest BCUT2D eigenvalue weighted by molar-refractivity contribution is 7.99. The minimum absolute atomic E-state index is 0.0608. The van der Waals surface area contributed by atoms with Gasteiger partial charge in [0.15, 0.2) is 5.16 Å². The Morgan fingerprint density at radius 1 is 1.23 bits per heavy atom. The van der Waals surface area contributed by atoms with Crippen LogP contribution in [0.25, 0.3) is 16.6 Å². The van der Waals surface area contributed by atoms with Gasteiger partial charge in [-0.3, -0.25) is 14.2 Å². The molecule has 1 aromatic heterocycles. The standard InChI is InChI=1S/C22H22ClN3O3S/c1-14-11-18(19(29-2)12-16(14)23)26-21(28)15-7-3-4-8-17(15)24-22(26)30-13-20(27)25-9-5-6-10-25/h3-4,7-8,11-12H,5-6,9-10,13H2,1-2H3. The lowest BCUT2D eigenvalue weighted by atomic mass is 10.2. The summed E-state index contributed by atoms with van der Waals surface area (Å²) >= 11 is 7.53. The van der Waals surface area contributed by atoms with E-state index in [1.807, 2.05) is 30.0 Å². The molecular formula is C22H22ClN3O3S. The van der Waals surface area contributed by atoms with Crippen molar-refractivity contribution in [2.75, 3.05) is 26.0 Å². The summed E-state index contributed by atoms with van der Waals surface area (Å²) in [5.74, 6) is 0.753. The molecule has 0 radical (unpaired) electrons. The number of benzene rings is 2. The fraction of sp³-hybridized carbons (Fsp3) is 0.318. The van der Waals surface area contributed by atoms with Crippen molar-refractivity contribution in [3.63, 3.8) is 0 Å². The van der Waals surface area contributed by atoms with Crippen LogP contribution in [0.3, 0.4) is 0 Å². The fourth-order valence-electron chi connectivity index (χ4n) is 3.59. The quantitative estimate of drug-likeness (QED) is 0.439. The minimum Gasteiger partial charge on any atom is -0.495 e. The first kappa shape index (κ1) is 20.8. The molecule has 1 amide bonds. The van der Waals surface area contributed by atoms with Gasteiger partial charge in [0.25, 0.3) is 5.56 Å². The summed E-state index contributed by atoms with van der Waals surface area (Å²) in [7, 11) is 1.54. The summed E-state index contributed by atoms with van der Waals surface area (Å²) in [6.45, 7) is 3.46. The summed E-state index contributed by atoms with van der Waals surface area (Å²) < 4.78 is 7.03. The Labute approximate surface area is 183 Å². The van der Waals surface area contributed by atoms with Gasteiger partial charge in [0, 0.05) is 24.2 Å². The molecule has 156 valence electrons. The van der Waals surface area contributed by atoms with Gasteiger partial charge >= 0.3 is 0 Å². The molecule has 1 aliphatic heterocycles. The van der Waals surface area contributed by atoms with Crippen molar-refractivity contribution in [3.05, 3.63) is 57.3 Å². The van der Waals surface area contributed by atoms with Crippen LogP contribution in [0.4, 0.5) is 0 Å². The van der Waals surface area contributed by atoms with E-state index in [4.69, 9.17) is 21.3 Å². The summed E-state index contributed by atoms with van der Waals surface area (Å²) in [5, 5.41) is 1.50. The van der Waals surface area contributed by atoms with E-state index in [1.165, 1.54) is 23.4 Å². The summed E-state index contributed by atoms with van der Waals surface area (Å²) in [6.07, 6.45) is 2.08. The lowest BCUT2D eigenvalue weighted by Crippen LogP contribution is -2.30. The van der Waals surface area contributed by atoms with E-state index in [9.17, 15) is 9.59 Å². The average molecular weight is 444 g/mol. The second-order valence-electron chi connectivity index (χ2n) is 7.20. The van der Waals surface area contributed by atoms with Crippen LogP contribution in [0, 0.1) is 6.92 Å². The number of halogens is 1.